The summed E-state index contributed by atoms with van der Waals surface area (Å²) in [5.41, 5.74) is 0.777. The molecule has 78 valence electrons. The number of carbonyl (C=O) groups is 1. The zero-order chi connectivity index (χ0) is 10.4. The van der Waals surface area contributed by atoms with Gasteiger partial charge in [0.15, 0.2) is 5.13 Å². The predicted molar refractivity (Wildman–Crippen MR) is 56.8 cm³/mol. The van der Waals surface area contributed by atoms with E-state index in [4.69, 9.17) is 16.3 Å². The first-order valence-electron chi connectivity index (χ1n) is 4.05. The predicted octanol–water partition coefficient (Wildman–Crippen LogP) is 1.86. The Hall–Kier alpha value is -0.650. The van der Waals surface area contributed by atoms with Crippen molar-refractivity contribution in [3.05, 3.63) is 11.1 Å². The minimum absolute atomic E-state index is 0.0951. The summed E-state index contributed by atoms with van der Waals surface area (Å²) in [7, 11) is 1.56. The molecule has 6 heteroatoms. The van der Waals surface area contributed by atoms with E-state index in [0.717, 1.165) is 5.69 Å². The van der Waals surface area contributed by atoms with Gasteiger partial charge in [-0.3, -0.25) is 4.79 Å². The van der Waals surface area contributed by atoms with Gasteiger partial charge in [-0.2, -0.15) is 0 Å². The quantitative estimate of drug-likeness (QED) is 0.792. The molecule has 0 aliphatic rings. The van der Waals surface area contributed by atoms with E-state index in [0.29, 0.717) is 24.0 Å². The maximum atomic E-state index is 11.2. The van der Waals surface area contributed by atoms with Crippen molar-refractivity contribution >= 4 is 34.0 Å². The zero-order valence-corrected chi connectivity index (χ0v) is 9.32. The number of methoxy groups -OCH3 is 1. The third-order valence-corrected chi connectivity index (χ3v) is 2.55. The van der Waals surface area contributed by atoms with Gasteiger partial charge in [-0.15, -0.1) is 22.9 Å². The number of thiazole rings is 1. The maximum Gasteiger partial charge on any atom is 0.228 e. The summed E-state index contributed by atoms with van der Waals surface area (Å²) in [5.74, 6) is 0.270. The van der Waals surface area contributed by atoms with Crippen molar-refractivity contribution in [1.82, 2.24) is 4.98 Å². The first-order chi connectivity index (χ1) is 6.76. The summed E-state index contributed by atoms with van der Waals surface area (Å²) in [4.78, 5) is 15.3. The Kier molecular flexibility index (Phi) is 4.86. The number of rotatable bonds is 5. The van der Waals surface area contributed by atoms with Gasteiger partial charge in [0, 0.05) is 12.5 Å². The van der Waals surface area contributed by atoms with Crippen LogP contribution in [0.1, 0.15) is 12.1 Å². The monoisotopic (exact) mass is 234 g/mol. The molecule has 0 spiro atoms. The van der Waals surface area contributed by atoms with Crippen molar-refractivity contribution in [3.8, 4) is 0 Å². The molecule has 1 amide bonds. The Labute approximate surface area is 91.2 Å². The number of aromatic nitrogens is 1. The van der Waals surface area contributed by atoms with Gasteiger partial charge in [0.2, 0.25) is 5.91 Å². The minimum Gasteiger partial charge on any atom is -0.384 e. The van der Waals surface area contributed by atoms with E-state index in [1.807, 2.05) is 5.38 Å². The summed E-state index contributed by atoms with van der Waals surface area (Å²) >= 11 is 6.94. The number of hydrogen-bond acceptors (Lipinski definition) is 4. The van der Waals surface area contributed by atoms with Gasteiger partial charge in [0.25, 0.3) is 0 Å². The molecule has 0 aromatic carbocycles. The molecule has 0 unspecified atom stereocenters. The first-order valence-corrected chi connectivity index (χ1v) is 5.47. The molecule has 0 saturated carbocycles. The summed E-state index contributed by atoms with van der Waals surface area (Å²) in [6.45, 7) is 0.416. The van der Waals surface area contributed by atoms with Crippen LogP contribution in [0.5, 0.6) is 0 Å². The standard InChI is InChI=1S/C8H11ClN2O2S/c1-13-3-2-7(12)11-8-10-6(4-9)5-14-8/h5H,2-4H2,1H3,(H,10,11,12). The lowest BCUT2D eigenvalue weighted by Crippen LogP contribution is -2.13. The van der Waals surface area contributed by atoms with Gasteiger partial charge in [-0.1, -0.05) is 0 Å². The fourth-order valence-corrected chi connectivity index (χ4v) is 1.76. The molecule has 0 bridgehead atoms. The highest BCUT2D eigenvalue weighted by atomic mass is 35.5. The second kappa shape index (κ2) is 5.95. The van der Waals surface area contributed by atoms with Crippen LogP contribution in [-0.4, -0.2) is 24.6 Å². The van der Waals surface area contributed by atoms with Crippen LogP contribution in [0.25, 0.3) is 0 Å². The Morgan fingerprint density at radius 2 is 2.57 bits per heavy atom. The number of alkyl halides is 1. The number of nitrogens with one attached hydrogen (secondary N) is 1. The van der Waals surface area contributed by atoms with Crippen molar-refractivity contribution < 1.29 is 9.53 Å². The highest BCUT2D eigenvalue weighted by Gasteiger charge is 2.05. The van der Waals surface area contributed by atoms with Crippen LogP contribution in [0.3, 0.4) is 0 Å². The third kappa shape index (κ3) is 3.61. The molecule has 0 atom stereocenters. The number of carbonyl (C=O) groups excluding carboxylic acids is 1. The van der Waals surface area contributed by atoms with Gasteiger partial charge < -0.3 is 10.1 Å². The molecular weight excluding hydrogens is 224 g/mol. The molecule has 0 aliphatic heterocycles. The number of nitrogens with zero attached hydrogens (tertiary/aromatic N) is 1. The van der Waals surface area contributed by atoms with Gasteiger partial charge in [-0.05, 0) is 0 Å². The molecule has 14 heavy (non-hydrogen) atoms. The summed E-state index contributed by atoms with van der Waals surface area (Å²) in [6.07, 6.45) is 0.340. The summed E-state index contributed by atoms with van der Waals surface area (Å²) < 4.78 is 4.78. The van der Waals surface area contributed by atoms with Gasteiger partial charge >= 0.3 is 0 Å². The lowest BCUT2D eigenvalue weighted by atomic mass is 10.4. The van der Waals surface area contributed by atoms with Crippen LogP contribution in [-0.2, 0) is 15.4 Å². The maximum absolute atomic E-state index is 11.2. The fourth-order valence-electron chi connectivity index (χ4n) is 0.802. The SMILES string of the molecule is COCCC(=O)Nc1nc(CCl)cs1. The average molecular weight is 235 g/mol. The Morgan fingerprint density at radius 3 is 3.14 bits per heavy atom. The lowest BCUT2D eigenvalue weighted by molar-refractivity contribution is -0.117. The van der Waals surface area contributed by atoms with E-state index in [1.165, 1.54) is 11.3 Å². The number of hydrogen-bond donors (Lipinski definition) is 1. The molecule has 1 heterocycles. The van der Waals surface area contributed by atoms with Crippen LogP contribution in [0.4, 0.5) is 5.13 Å². The van der Waals surface area contributed by atoms with Crippen LogP contribution >= 0.6 is 22.9 Å². The molecule has 1 N–H and O–H groups in total. The Morgan fingerprint density at radius 1 is 1.79 bits per heavy atom. The van der Waals surface area contributed by atoms with Crippen molar-refractivity contribution in [2.24, 2.45) is 0 Å². The Bertz CT molecular complexity index is 303. The van der Waals surface area contributed by atoms with Crippen LogP contribution in [0.15, 0.2) is 5.38 Å². The molecular formula is C8H11ClN2O2S. The normalized spacial score (nSPS) is 10.1. The molecule has 0 radical (unpaired) electrons. The van der Waals surface area contributed by atoms with Crippen molar-refractivity contribution in [2.75, 3.05) is 19.0 Å². The molecule has 0 aliphatic carbocycles. The number of anilines is 1. The molecule has 1 rings (SSSR count). The highest BCUT2D eigenvalue weighted by molar-refractivity contribution is 7.13. The second-order valence-corrected chi connectivity index (χ2v) is 3.69. The molecule has 4 nitrogen and oxygen atoms in total. The third-order valence-electron chi connectivity index (χ3n) is 1.47. The van der Waals surface area contributed by atoms with E-state index >= 15 is 0 Å². The second-order valence-electron chi connectivity index (χ2n) is 2.57. The van der Waals surface area contributed by atoms with Gasteiger partial charge in [0.1, 0.15) is 0 Å². The van der Waals surface area contributed by atoms with Crippen molar-refractivity contribution in [2.45, 2.75) is 12.3 Å². The van der Waals surface area contributed by atoms with Crippen LogP contribution in [0.2, 0.25) is 0 Å². The average Bonchev–Trinajstić information content (AvgIpc) is 2.62. The fraction of sp³-hybridized carbons (Fsp3) is 0.500. The van der Waals surface area contributed by atoms with Gasteiger partial charge in [0.05, 0.1) is 24.6 Å². The largest absolute Gasteiger partial charge is 0.384 e. The van der Waals surface area contributed by atoms with Crippen molar-refractivity contribution in [3.63, 3.8) is 0 Å². The summed E-state index contributed by atoms with van der Waals surface area (Å²) in [6, 6.07) is 0. The Balaban J connectivity index is 2.39. The number of ether oxygens (including phenoxy) is 1. The molecule has 1 aromatic heterocycles. The number of halogens is 1. The molecule has 0 fully saturated rings. The van der Waals surface area contributed by atoms with Gasteiger partial charge in [-0.25, -0.2) is 4.98 Å². The zero-order valence-electron chi connectivity index (χ0n) is 7.75. The van der Waals surface area contributed by atoms with E-state index in [2.05, 4.69) is 10.3 Å². The lowest BCUT2D eigenvalue weighted by Gasteiger charge is -1.99. The van der Waals surface area contributed by atoms with E-state index in [9.17, 15) is 4.79 Å². The van der Waals surface area contributed by atoms with E-state index in [1.54, 1.807) is 7.11 Å². The van der Waals surface area contributed by atoms with E-state index < -0.39 is 0 Å². The highest BCUT2D eigenvalue weighted by Crippen LogP contribution is 2.16. The first kappa shape index (κ1) is 11.4. The summed E-state index contributed by atoms with van der Waals surface area (Å²) in [5, 5.41) is 5.06. The topological polar surface area (TPSA) is 51.2 Å². The van der Waals surface area contributed by atoms with Crippen molar-refractivity contribution in [1.29, 1.82) is 0 Å². The number of amides is 1. The van der Waals surface area contributed by atoms with E-state index in [-0.39, 0.29) is 5.91 Å². The molecule has 1 aromatic rings. The smallest absolute Gasteiger partial charge is 0.228 e. The van der Waals surface area contributed by atoms with Crippen LogP contribution < -0.4 is 5.32 Å². The minimum atomic E-state index is -0.0951. The van der Waals surface area contributed by atoms with Crippen LogP contribution in [0, 0.1) is 0 Å². The molecule has 0 saturated heterocycles.